The summed E-state index contributed by atoms with van der Waals surface area (Å²) >= 11 is 0. The van der Waals surface area contributed by atoms with E-state index in [1.54, 1.807) is 27.7 Å². The molecule has 0 spiro atoms. The van der Waals surface area contributed by atoms with Gasteiger partial charge in [-0.25, -0.2) is 13.8 Å². The zero-order valence-corrected chi connectivity index (χ0v) is 23.7. The lowest BCUT2D eigenvalue weighted by Gasteiger charge is -2.30. The van der Waals surface area contributed by atoms with E-state index in [2.05, 4.69) is 21.5 Å². The molecule has 0 aliphatic heterocycles. The predicted octanol–water partition coefficient (Wildman–Crippen LogP) is 6.17. The summed E-state index contributed by atoms with van der Waals surface area (Å²) in [5.41, 5.74) is 7.85. The highest BCUT2D eigenvalue weighted by atomic mass is 19.1. The summed E-state index contributed by atoms with van der Waals surface area (Å²) in [6.45, 7) is 2.66. The van der Waals surface area contributed by atoms with Crippen molar-refractivity contribution in [2.75, 3.05) is 11.1 Å². The van der Waals surface area contributed by atoms with Crippen molar-refractivity contribution in [3.63, 3.8) is 0 Å². The van der Waals surface area contributed by atoms with Crippen LogP contribution in [0, 0.1) is 23.0 Å². The van der Waals surface area contributed by atoms with Crippen LogP contribution in [-0.4, -0.2) is 25.2 Å². The van der Waals surface area contributed by atoms with E-state index in [9.17, 15) is 19.2 Å². The first-order valence-corrected chi connectivity index (χ1v) is 14.1. The molecule has 1 aliphatic carbocycles. The number of nitrogens with one attached hydrogen (secondary N) is 1. The Morgan fingerprint density at radius 2 is 1.82 bits per heavy atom. The zero-order valence-electron chi connectivity index (χ0n) is 23.7. The molecule has 0 saturated heterocycles. The molecule has 2 aromatic carbocycles. The number of amides is 1. The summed E-state index contributed by atoms with van der Waals surface area (Å²) in [7, 11) is 0. The Kier molecular flexibility index (Phi) is 7.49. The van der Waals surface area contributed by atoms with Gasteiger partial charge in [-0.2, -0.15) is 10.4 Å². The third-order valence-electron chi connectivity index (χ3n) is 7.91. The number of aryl methyl sites for hydroxylation is 1. The van der Waals surface area contributed by atoms with Gasteiger partial charge in [0.25, 0.3) is 5.91 Å². The number of hydrogen-bond acceptors (Lipinski definition) is 6. The van der Waals surface area contributed by atoms with Crippen molar-refractivity contribution in [1.29, 1.82) is 5.26 Å². The number of benzene rings is 2. The molecule has 0 atom stereocenters. The monoisotopic (exact) mass is 591 g/mol. The Morgan fingerprint density at radius 1 is 1.05 bits per heavy atom. The van der Waals surface area contributed by atoms with Crippen molar-refractivity contribution in [3.8, 4) is 39.4 Å². The Hall–Kier alpha value is -5.63. The van der Waals surface area contributed by atoms with E-state index in [0.717, 1.165) is 30.9 Å². The molecule has 9 nitrogen and oxygen atoms in total. The van der Waals surface area contributed by atoms with Crippen LogP contribution in [0.15, 0.2) is 78.1 Å². The van der Waals surface area contributed by atoms with Crippen LogP contribution < -0.4 is 16.5 Å². The highest BCUT2D eigenvalue weighted by molar-refractivity contribution is 6.05. The van der Waals surface area contributed by atoms with Crippen molar-refractivity contribution in [3.05, 3.63) is 106 Å². The van der Waals surface area contributed by atoms with E-state index < -0.39 is 23.0 Å². The second kappa shape index (κ2) is 11.6. The van der Waals surface area contributed by atoms with Gasteiger partial charge in [-0.1, -0.05) is 12.1 Å². The number of hydrogen-bond donors (Lipinski definition) is 2. The van der Waals surface area contributed by atoms with E-state index in [1.807, 2.05) is 13.1 Å². The zero-order chi connectivity index (χ0) is 31.0. The maximum Gasteiger partial charge on any atom is 0.261 e. The number of nitrogen functional groups attached to an aromatic ring is 1. The van der Waals surface area contributed by atoms with Crippen LogP contribution in [0.3, 0.4) is 0 Å². The first-order valence-electron chi connectivity index (χ1n) is 14.1. The number of nitrogens with zero attached hydrogens (tertiary/aromatic N) is 5. The average molecular weight is 592 g/mol. The minimum Gasteiger partial charge on any atom is -0.383 e. The quantitative estimate of drug-likeness (QED) is 0.233. The molecule has 1 amide bonds. The fourth-order valence-electron chi connectivity index (χ4n) is 5.29. The van der Waals surface area contributed by atoms with Crippen LogP contribution in [0.1, 0.15) is 48.3 Å². The van der Waals surface area contributed by atoms with Crippen LogP contribution in [-0.2, 0) is 6.54 Å². The predicted molar refractivity (Wildman–Crippen MR) is 163 cm³/mol. The molecule has 3 N–H and O–H groups in total. The number of rotatable bonds is 7. The van der Waals surface area contributed by atoms with E-state index in [4.69, 9.17) is 5.73 Å². The van der Waals surface area contributed by atoms with Gasteiger partial charge in [0.05, 0.1) is 11.8 Å². The number of anilines is 2. The highest BCUT2D eigenvalue weighted by Gasteiger charge is 2.27. The Morgan fingerprint density at radius 3 is 2.45 bits per heavy atom. The van der Waals surface area contributed by atoms with Crippen LogP contribution in [0.25, 0.3) is 33.4 Å². The molecular weight excluding hydrogens is 564 g/mol. The number of pyridine rings is 2. The Bertz CT molecular complexity index is 2000. The molecule has 1 aliphatic rings. The fraction of sp³-hybridized carbons (Fsp3) is 0.182. The summed E-state index contributed by atoms with van der Waals surface area (Å²) in [6.07, 6.45) is 9.05. The van der Waals surface area contributed by atoms with Gasteiger partial charge in [0.2, 0.25) is 5.43 Å². The van der Waals surface area contributed by atoms with Crippen molar-refractivity contribution in [1.82, 2.24) is 19.3 Å². The molecular formula is C33H27F2N7O2. The van der Waals surface area contributed by atoms with Gasteiger partial charge in [0, 0.05) is 59.1 Å². The first kappa shape index (κ1) is 28.5. The molecule has 1 saturated carbocycles. The number of nitriles is 1. The fourth-order valence-corrected chi connectivity index (χ4v) is 5.29. The van der Waals surface area contributed by atoms with E-state index >= 15 is 4.39 Å². The van der Waals surface area contributed by atoms with Crippen LogP contribution in [0.4, 0.5) is 20.3 Å². The van der Waals surface area contributed by atoms with Crippen LogP contribution in [0.2, 0.25) is 0 Å². The lowest BCUT2D eigenvalue weighted by atomic mass is 9.91. The van der Waals surface area contributed by atoms with Crippen molar-refractivity contribution in [2.24, 2.45) is 0 Å². The van der Waals surface area contributed by atoms with Crippen molar-refractivity contribution >= 4 is 17.4 Å². The topological polar surface area (TPSA) is 132 Å². The number of carbonyl (C=O) groups excluding carboxylic acids is 1. The summed E-state index contributed by atoms with van der Waals surface area (Å²) in [5, 5.41) is 16.9. The molecule has 3 heterocycles. The second-order valence-corrected chi connectivity index (χ2v) is 10.6. The molecule has 3 aromatic heterocycles. The Labute approximate surface area is 251 Å². The summed E-state index contributed by atoms with van der Waals surface area (Å²) < 4.78 is 32.6. The number of nitrogens with two attached hydrogens (primary N) is 1. The van der Waals surface area contributed by atoms with Gasteiger partial charge in [-0.05, 0) is 68.1 Å². The normalized spacial score (nSPS) is 12.9. The first-order chi connectivity index (χ1) is 21.3. The van der Waals surface area contributed by atoms with Gasteiger partial charge in [0.15, 0.2) is 0 Å². The molecule has 0 radical (unpaired) electrons. The SMILES string of the molecule is CCn1cc(-c2cnc(N)c(-c3ccc(NC(=O)c4cn(C5CCC5)c(C#N)c(-c5ccc(F)cc5)c4=O)cc3F)c2)cn1. The van der Waals surface area contributed by atoms with E-state index in [1.165, 1.54) is 42.6 Å². The molecule has 44 heavy (non-hydrogen) atoms. The largest absolute Gasteiger partial charge is 0.383 e. The van der Waals surface area contributed by atoms with Gasteiger partial charge in [0.1, 0.15) is 34.8 Å². The second-order valence-electron chi connectivity index (χ2n) is 10.6. The van der Waals surface area contributed by atoms with Gasteiger partial charge >= 0.3 is 0 Å². The van der Waals surface area contributed by atoms with Gasteiger partial charge in [-0.15, -0.1) is 0 Å². The Balaban J connectivity index is 1.34. The lowest BCUT2D eigenvalue weighted by Crippen LogP contribution is -2.29. The minimum absolute atomic E-state index is 0.0147. The smallest absolute Gasteiger partial charge is 0.261 e. The third-order valence-corrected chi connectivity index (χ3v) is 7.91. The molecule has 0 unspecified atom stereocenters. The lowest BCUT2D eigenvalue weighted by molar-refractivity contribution is 0.102. The van der Waals surface area contributed by atoms with Crippen molar-refractivity contribution < 1.29 is 13.6 Å². The number of carbonyl (C=O) groups is 1. The molecule has 11 heteroatoms. The van der Waals surface area contributed by atoms with E-state index in [-0.39, 0.29) is 39.9 Å². The maximum atomic E-state index is 15.5. The molecule has 1 fully saturated rings. The van der Waals surface area contributed by atoms with Crippen LogP contribution in [0.5, 0.6) is 0 Å². The summed E-state index contributed by atoms with van der Waals surface area (Å²) in [5.74, 6) is -1.78. The number of aromatic nitrogens is 4. The number of halogens is 2. The highest BCUT2D eigenvalue weighted by Crippen LogP contribution is 2.35. The summed E-state index contributed by atoms with van der Waals surface area (Å²) in [6, 6.07) is 13.1. The third kappa shape index (κ3) is 5.22. The average Bonchev–Trinajstić information content (AvgIpc) is 3.47. The van der Waals surface area contributed by atoms with Gasteiger partial charge < -0.3 is 15.6 Å². The van der Waals surface area contributed by atoms with E-state index in [0.29, 0.717) is 23.2 Å². The molecule has 6 rings (SSSR count). The van der Waals surface area contributed by atoms with Gasteiger partial charge in [-0.3, -0.25) is 14.3 Å². The summed E-state index contributed by atoms with van der Waals surface area (Å²) in [4.78, 5) is 31.4. The standard InChI is InChI=1S/C33H27F2N7O2/c1-2-41-17-21(16-39-41)20-12-26(32(37)38-15-20)25-11-10-23(13-28(25)35)40-33(44)27-18-42(24-4-3-5-24)29(14-36)30(31(27)43)19-6-8-22(34)9-7-19/h6-13,15-18,24H,2-5H2,1H3,(H2,37,38)(H,40,44). The molecule has 0 bridgehead atoms. The maximum absolute atomic E-state index is 15.5. The molecule has 5 aromatic rings. The minimum atomic E-state index is -0.765. The van der Waals surface area contributed by atoms with Crippen molar-refractivity contribution in [2.45, 2.75) is 38.8 Å². The molecule has 220 valence electrons. The van der Waals surface area contributed by atoms with Crippen LogP contribution >= 0.6 is 0 Å².